The largest absolute Gasteiger partial charge is 0.345 e. The molecule has 1 heterocycles. The lowest BCUT2D eigenvalue weighted by atomic mass is 10.1. The molecular formula is C22H26N4S. The van der Waals surface area contributed by atoms with E-state index < -0.39 is 0 Å². The first-order valence-corrected chi connectivity index (χ1v) is 9.65. The Morgan fingerprint density at radius 1 is 1.15 bits per heavy atom. The molecule has 0 aliphatic heterocycles. The molecule has 0 spiro atoms. The monoisotopic (exact) mass is 378 g/mol. The highest BCUT2D eigenvalue weighted by Crippen LogP contribution is 2.15. The van der Waals surface area contributed by atoms with Crippen molar-refractivity contribution < 1.29 is 0 Å². The third-order valence-corrected chi connectivity index (χ3v) is 4.94. The Balaban J connectivity index is 1.69. The van der Waals surface area contributed by atoms with Gasteiger partial charge in [0, 0.05) is 37.7 Å². The van der Waals surface area contributed by atoms with E-state index in [9.17, 15) is 0 Å². The van der Waals surface area contributed by atoms with Crippen molar-refractivity contribution in [2.24, 2.45) is 0 Å². The lowest BCUT2D eigenvalue weighted by Gasteiger charge is -2.27. The zero-order chi connectivity index (χ0) is 19.1. The highest BCUT2D eigenvalue weighted by molar-refractivity contribution is 7.80. The highest BCUT2D eigenvalue weighted by atomic mass is 32.1. The van der Waals surface area contributed by atoms with Crippen LogP contribution >= 0.6 is 12.2 Å². The summed E-state index contributed by atoms with van der Waals surface area (Å²) in [6.45, 7) is 6.84. The van der Waals surface area contributed by atoms with Gasteiger partial charge in [0.05, 0.1) is 6.33 Å². The first kappa shape index (κ1) is 19.1. The Bertz CT molecular complexity index is 874. The number of thiocarbonyl (C=S) groups is 1. The van der Waals surface area contributed by atoms with E-state index in [-0.39, 0.29) is 0 Å². The van der Waals surface area contributed by atoms with E-state index in [0.29, 0.717) is 0 Å². The molecular weight excluding hydrogens is 352 g/mol. The first-order chi connectivity index (χ1) is 13.1. The van der Waals surface area contributed by atoms with Crippen molar-refractivity contribution in [3.8, 4) is 0 Å². The van der Waals surface area contributed by atoms with Crippen LogP contribution in [0.2, 0.25) is 0 Å². The van der Waals surface area contributed by atoms with Crippen LogP contribution in [-0.4, -0.2) is 26.1 Å². The molecule has 5 heteroatoms. The fraction of sp³-hybridized carbons (Fsp3) is 0.273. The van der Waals surface area contributed by atoms with Gasteiger partial charge in [0.2, 0.25) is 0 Å². The Morgan fingerprint density at radius 3 is 2.74 bits per heavy atom. The van der Waals surface area contributed by atoms with Crippen molar-refractivity contribution in [3.05, 3.63) is 83.9 Å². The Hall–Kier alpha value is -2.66. The van der Waals surface area contributed by atoms with Gasteiger partial charge in [-0.1, -0.05) is 36.4 Å². The van der Waals surface area contributed by atoms with Crippen LogP contribution in [0.4, 0.5) is 5.69 Å². The summed E-state index contributed by atoms with van der Waals surface area (Å²) in [6.07, 6.45) is 6.66. The second-order valence-electron chi connectivity index (χ2n) is 6.80. The fourth-order valence-electron chi connectivity index (χ4n) is 3.03. The number of imidazole rings is 1. The van der Waals surface area contributed by atoms with Crippen molar-refractivity contribution in [1.29, 1.82) is 0 Å². The number of aryl methyl sites for hydroxylation is 3. The van der Waals surface area contributed by atoms with E-state index in [1.165, 1.54) is 16.7 Å². The molecule has 27 heavy (non-hydrogen) atoms. The van der Waals surface area contributed by atoms with E-state index >= 15 is 0 Å². The SMILES string of the molecule is Cc1cccc(NC(=S)N(CCCn2ccnc2)Cc2ccccc2C)c1. The number of nitrogens with one attached hydrogen (secondary N) is 1. The zero-order valence-electron chi connectivity index (χ0n) is 15.9. The highest BCUT2D eigenvalue weighted by Gasteiger charge is 2.12. The molecule has 0 saturated heterocycles. The molecule has 0 radical (unpaired) electrons. The van der Waals surface area contributed by atoms with Gasteiger partial charge in [-0.15, -0.1) is 0 Å². The molecule has 0 bridgehead atoms. The predicted octanol–water partition coefficient (Wildman–Crippen LogP) is 4.79. The molecule has 3 aromatic rings. The minimum atomic E-state index is 0.759. The summed E-state index contributed by atoms with van der Waals surface area (Å²) >= 11 is 5.75. The Kier molecular flexibility index (Phi) is 6.60. The van der Waals surface area contributed by atoms with Crippen molar-refractivity contribution in [2.45, 2.75) is 33.4 Å². The molecule has 1 aromatic heterocycles. The molecule has 2 aromatic carbocycles. The topological polar surface area (TPSA) is 33.1 Å². The maximum atomic E-state index is 5.75. The van der Waals surface area contributed by atoms with Crippen LogP contribution in [0.25, 0.3) is 0 Å². The van der Waals surface area contributed by atoms with Crippen molar-refractivity contribution in [1.82, 2.24) is 14.5 Å². The van der Waals surface area contributed by atoms with E-state index in [2.05, 4.69) is 76.1 Å². The second kappa shape index (κ2) is 9.33. The number of hydrogen-bond donors (Lipinski definition) is 1. The van der Waals surface area contributed by atoms with Crippen LogP contribution < -0.4 is 5.32 Å². The summed E-state index contributed by atoms with van der Waals surface area (Å²) in [5, 5.41) is 4.16. The smallest absolute Gasteiger partial charge is 0.173 e. The lowest BCUT2D eigenvalue weighted by molar-refractivity contribution is 0.395. The van der Waals surface area contributed by atoms with Crippen LogP contribution in [0.5, 0.6) is 0 Å². The number of nitrogens with zero attached hydrogens (tertiary/aromatic N) is 3. The van der Waals surface area contributed by atoms with Crippen LogP contribution in [0.1, 0.15) is 23.1 Å². The summed E-state index contributed by atoms with van der Waals surface area (Å²) < 4.78 is 2.10. The molecule has 0 atom stereocenters. The molecule has 0 saturated carbocycles. The third-order valence-electron chi connectivity index (χ3n) is 4.58. The van der Waals surface area contributed by atoms with Crippen molar-refractivity contribution in [3.63, 3.8) is 0 Å². The summed E-state index contributed by atoms with van der Waals surface area (Å²) in [6, 6.07) is 16.8. The van der Waals surface area contributed by atoms with Crippen LogP contribution in [0, 0.1) is 13.8 Å². The molecule has 0 aliphatic carbocycles. The maximum Gasteiger partial charge on any atom is 0.173 e. The number of rotatable bonds is 7. The number of hydrogen-bond acceptors (Lipinski definition) is 2. The Morgan fingerprint density at radius 2 is 2.00 bits per heavy atom. The van der Waals surface area contributed by atoms with Gasteiger partial charge in [-0.05, 0) is 61.3 Å². The first-order valence-electron chi connectivity index (χ1n) is 9.24. The van der Waals surface area contributed by atoms with Gasteiger partial charge in [-0.3, -0.25) is 0 Å². The molecule has 4 nitrogen and oxygen atoms in total. The second-order valence-corrected chi connectivity index (χ2v) is 7.19. The summed E-state index contributed by atoms with van der Waals surface area (Å²) in [5.41, 5.74) is 4.83. The van der Waals surface area contributed by atoms with Crippen molar-refractivity contribution in [2.75, 3.05) is 11.9 Å². The molecule has 1 N–H and O–H groups in total. The van der Waals surface area contributed by atoms with Crippen molar-refractivity contribution >= 4 is 23.0 Å². The molecule has 0 unspecified atom stereocenters. The summed E-state index contributed by atoms with van der Waals surface area (Å²) in [7, 11) is 0. The summed E-state index contributed by atoms with van der Waals surface area (Å²) in [4.78, 5) is 6.36. The predicted molar refractivity (Wildman–Crippen MR) is 116 cm³/mol. The molecule has 0 amide bonds. The number of anilines is 1. The van der Waals surface area contributed by atoms with Gasteiger partial charge in [-0.25, -0.2) is 4.98 Å². The molecule has 0 fully saturated rings. The van der Waals surface area contributed by atoms with Gasteiger partial charge >= 0.3 is 0 Å². The fourth-order valence-corrected chi connectivity index (χ4v) is 3.31. The maximum absolute atomic E-state index is 5.75. The van der Waals surface area contributed by atoms with Crippen LogP contribution in [-0.2, 0) is 13.1 Å². The Labute approximate surface area is 166 Å². The van der Waals surface area contributed by atoms with E-state index in [1.807, 2.05) is 24.8 Å². The normalized spacial score (nSPS) is 10.6. The molecule has 0 aliphatic rings. The van der Waals surface area contributed by atoms with E-state index in [1.54, 1.807) is 0 Å². The lowest BCUT2D eigenvalue weighted by Crippen LogP contribution is -2.35. The van der Waals surface area contributed by atoms with Crippen LogP contribution in [0.15, 0.2) is 67.3 Å². The summed E-state index contributed by atoms with van der Waals surface area (Å²) in [5.74, 6) is 0. The van der Waals surface area contributed by atoms with E-state index in [4.69, 9.17) is 12.2 Å². The minimum absolute atomic E-state index is 0.759. The molecule has 3 rings (SSSR count). The number of benzene rings is 2. The van der Waals surface area contributed by atoms with Crippen LogP contribution in [0.3, 0.4) is 0 Å². The van der Waals surface area contributed by atoms with Gasteiger partial charge < -0.3 is 14.8 Å². The average Bonchev–Trinajstić information content (AvgIpc) is 3.16. The average molecular weight is 379 g/mol. The zero-order valence-corrected chi connectivity index (χ0v) is 16.7. The minimum Gasteiger partial charge on any atom is -0.345 e. The van der Waals surface area contributed by atoms with Gasteiger partial charge in [-0.2, -0.15) is 0 Å². The van der Waals surface area contributed by atoms with Gasteiger partial charge in [0.1, 0.15) is 0 Å². The standard InChI is InChI=1S/C22H26N4S/c1-18-7-5-10-21(15-18)24-22(27)26(13-6-12-25-14-11-23-17-25)16-20-9-4-3-8-19(20)2/h3-5,7-11,14-15,17H,6,12-13,16H2,1-2H3,(H,24,27). The van der Waals surface area contributed by atoms with E-state index in [0.717, 1.165) is 36.9 Å². The van der Waals surface area contributed by atoms with Gasteiger partial charge in [0.15, 0.2) is 5.11 Å². The molecule has 140 valence electrons. The quantitative estimate of drug-likeness (QED) is 0.599. The third kappa shape index (κ3) is 5.66. The van der Waals surface area contributed by atoms with Gasteiger partial charge in [0.25, 0.3) is 0 Å². The number of aromatic nitrogens is 2.